The van der Waals surface area contributed by atoms with Crippen molar-refractivity contribution in [3.05, 3.63) is 65.4 Å². The highest BCUT2D eigenvalue weighted by Gasteiger charge is 2.24. The minimum absolute atomic E-state index is 0.0617. The molecule has 3 aromatic rings. The fraction of sp³-hybridized carbons (Fsp3) is 0.400. The first-order chi connectivity index (χ1) is 15.2. The van der Waals surface area contributed by atoms with E-state index in [1.165, 1.54) is 24.8 Å². The average Bonchev–Trinajstić information content (AvgIpc) is 3.44. The molecule has 0 bridgehead atoms. The van der Waals surface area contributed by atoms with Crippen molar-refractivity contribution in [1.82, 2.24) is 19.9 Å². The van der Waals surface area contributed by atoms with Gasteiger partial charge in [0.1, 0.15) is 11.4 Å². The maximum absolute atomic E-state index is 12.9. The molecule has 0 unspecified atom stereocenters. The lowest BCUT2D eigenvalue weighted by Crippen LogP contribution is -2.36. The summed E-state index contributed by atoms with van der Waals surface area (Å²) in [6, 6.07) is 10.6. The van der Waals surface area contributed by atoms with Crippen molar-refractivity contribution in [2.45, 2.75) is 51.0 Å². The van der Waals surface area contributed by atoms with Crippen LogP contribution in [0.25, 0.3) is 11.3 Å². The lowest BCUT2D eigenvalue weighted by molar-refractivity contribution is 0.0922. The monoisotopic (exact) mass is 416 g/mol. The zero-order chi connectivity index (χ0) is 21.2. The van der Waals surface area contributed by atoms with Crippen LogP contribution in [0.4, 0.5) is 0 Å². The molecule has 160 valence electrons. The number of nitrogens with one attached hydrogen (secondary N) is 1. The lowest BCUT2D eigenvalue weighted by Gasteiger charge is -2.22. The van der Waals surface area contributed by atoms with Gasteiger partial charge in [0.15, 0.2) is 0 Å². The molecule has 5 rings (SSSR count). The molecule has 2 aromatic heterocycles. The Morgan fingerprint density at radius 3 is 2.74 bits per heavy atom. The molecule has 0 saturated heterocycles. The molecule has 1 amide bonds. The van der Waals surface area contributed by atoms with Gasteiger partial charge in [0, 0.05) is 43.3 Å². The highest BCUT2D eigenvalue weighted by Crippen LogP contribution is 2.31. The Balaban J connectivity index is 1.36. The number of amides is 1. The molecule has 0 spiro atoms. The SMILES string of the molecule is Cn1cnc(-c2ccc(Cc3cc(C(=O)NC4CCCCC4)nc4c3OCC4)cc2)c1. The number of hydrogen-bond donors (Lipinski definition) is 1. The van der Waals surface area contributed by atoms with Gasteiger partial charge in [-0.3, -0.25) is 4.79 Å². The minimum Gasteiger partial charge on any atom is -0.491 e. The van der Waals surface area contributed by atoms with E-state index >= 15 is 0 Å². The number of fused-ring (bicyclic) bond motifs is 1. The number of nitrogens with zero attached hydrogens (tertiary/aromatic N) is 3. The molecular weight excluding hydrogens is 388 g/mol. The van der Waals surface area contributed by atoms with Crippen LogP contribution in [0.1, 0.15) is 59.4 Å². The van der Waals surface area contributed by atoms with Crippen LogP contribution in [0, 0.1) is 0 Å². The van der Waals surface area contributed by atoms with Crippen LogP contribution in [0.15, 0.2) is 42.9 Å². The van der Waals surface area contributed by atoms with Crippen molar-refractivity contribution in [1.29, 1.82) is 0 Å². The molecule has 1 saturated carbocycles. The number of hydrogen-bond acceptors (Lipinski definition) is 4. The normalized spacial score (nSPS) is 16.0. The maximum atomic E-state index is 12.9. The number of pyridine rings is 1. The van der Waals surface area contributed by atoms with Gasteiger partial charge >= 0.3 is 0 Å². The van der Waals surface area contributed by atoms with Crippen LogP contribution >= 0.6 is 0 Å². The number of carbonyl (C=O) groups excluding carboxylic acids is 1. The largest absolute Gasteiger partial charge is 0.491 e. The van der Waals surface area contributed by atoms with Crippen LogP contribution in [-0.2, 0) is 19.9 Å². The fourth-order valence-electron chi connectivity index (χ4n) is 4.57. The van der Waals surface area contributed by atoms with Gasteiger partial charge in [-0.1, -0.05) is 43.5 Å². The molecule has 3 heterocycles. The molecular formula is C25H28N4O2. The van der Waals surface area contributed by atoms with Gasteiger partial charge in [-0.25, -0.2) is 9.97 Å². The topological polar surface area (TPSA) is 69.0 Å². The van der Waals surface area contributed by atoms with Crippen molar-refractivity contribution < 1.29 is 9.53 Å². The van der Waals surface area contributed by atoms with E-state index < -0.39 is 0 Å². The molecule has 1 fully saturated rings. The third-order valence-electron chi connectivity index (χ3n) is 6.23. The summed E-state index contributed by atoms with van der Waals surface area (Å²) < 4.78 is 7.82. The third-order valence-corrected chi connectivity index (χ3v) is 6.23. The molecule has 2 aliphatic rings. The summed E-state index contributed by atoms with van der Waals surface area (Å²) >= 11 is 0. The Morgan fingerprint density at radius 2 is 2.00 bits per heavy atom. The molecule has 1 aromatic carbocycles. The summed E-state index contributed by atoms with van der Waals surface area (Å²) in [6.07, 6.45) is 11.1. The number of rotatable bonds is 5. The molecule has 1 N–H and O–H groups in total. The summed E-state index contributed by atoms with van der Waals surface area (Å²) in [5.41, 5.74) is 5.66. The number of aromatic nitrogens is 3. The number of benzene rings is 1. The summed E-state index contributed by atoms with van der Waals surface area (Å²) in [5.74, 6) is 0.788. The van der Waals surface area contributed by atoms with Gasteiger partial charge in [-0.15, -0.1) is 0 Å². The number of aryl methyl sites for hydroxylation is 1. The summed E-state index contributed by atoms with van der Waals surface area (Å²) in [4.78, 5) is 21.9. The third kappa shape index (κ3) is 4.33. The Morgan fingerprint density at radius 1 is 1.19 bits per heavy atom. The Bertz CT molecular complexity index is 1080. The molecule has 1 aliphatic heterocycles. The van der Waals surface area contributed by atoms with Crippen molar-refractivity contribution in [3.8, 4) is 17.0 Å². The van der Waals surface area contributed by atoms with Gasteiger partial charge in [-0.2, -0.15) is 0 Å². The van der Waals surface area contributed by atoms with E-state index in [0.29, 0.717) is 18.7 Å². The molecule has 6 heteroatoms. The van der Waals surface area contributed by atoms with Gasteiger partial charge in [0.2, 0.25) is 0 Å². The molecule has 0 atom stereocenters. The second-order valence-corrected chi connectivity index (χ2v) is 8.65. The van der Waals surface area contributed by atoms with Gasteiger partial charge in [0.05, 0.1) is 24.3 Å². The second-order valence-electron chi connectivity index (χ2n) is 8.65. The zero-order valence-electron chi connectivity index (χ0n) is 17.9. The Kier molecular flexibility index (Phi) is 5.45. The number of ether oxygens (including phenoxy) is 1. The highest BCUT2D eigenvalue weighted by molar-refractivity contribution is 5.93. The van der Waals surface area contributed by atoms with Crippen molar-refractivity contribution in [2.75, 3.05) is 6.61 Å². The first-order valence-corrected chi connectivity index (χ1v) is 11.2. The average molecular weight is 417 g/mol. The van der Waals surface area contributed by atoms with Crippen LogP contribution in [-0.4, -0.2) is 33.1 Å². The Hall–Kier alpha value is -3.15. The highest BCUT2D eigenvalue weighted by atomic mass is 16.5. The maximum Gasteiger partial charge on any atom is 0.270 e. The number of carbonyl (C=O) groups is 1. The Labute approximate surface area is 182 Å². The van der Waals surface area contributed by atoms with Crippen LogP contribution in [0.3, 0.4) is 0 Å². The first-order valence-electron chi connectivity index (χ1n) is 11.2. The quantitative estimate of drug-likeness (QED) is 0.681. The van der Waals surface area contributed by atoms with Gasteiger partial charge in [-0.05, 0) is 24.5 Å². The van der Waals surface area contributed by atoms with E-state index in [0.717, 1.165) is 47.5 Å². The van der Waals surface area contributed by atoms with Gasteiger partial charge in [0.25, 0.3) is 5.91 Å². The van der Waals surface area contributed by atoms with E-state index in [4.69, 9.17) is 4.74 Å². The summed E-state index contributed by atoms with van der Waals surface area (Å²) in [6.45, 7) is 0.627. The molecule has 0 radical (unpaired) electrons. The fourth-order valence-corrected chi connectivity index (χ4v) is 4.57. The predicted molar refractivity (Wildman–Crippen MR) is 119 cm³/mol. The lowest BCUT2D eigenvalue weighted by atomic mass is 9.95. The molecule has 1 aliphatic carbocycles. The second kappa shape index (κ2) is 8.53. The predicted octanol–water partition coefficient (Wildman–Crippen LogP) is 4.07. The smallest absolute Gasteiger partial charge is 0.270 e. The van der Waals surface area contributed by atoms with Crippen LogP contribution in [0.5, 0.6) is 5.75 Å². The minimum atomic E-state index is -0.0617. The van der Waals surface area contributed by atoms with E-state index in [-0.39, 0.29) is 11.9 Å². The van der Waals surface area contributed by atoms with E-state index in [9.17, 15) is 4.79 Å². The zero-order valence-corrected chi connectivity index (χ0v) is 17.9. The molecule has 6 nitrogen and oxygen atoms in total. The first kappa shape index (κ1) is 19.8. The standard InChI is InChI=1S/C25H28N4O2/c1-29-15-23(26-16-29)18-9-7-17(8-10-18)13-19-14-22(28-21-11-12-31-24(19)21)25(30)27-20-5-3-2-4-6-20/h7-10,14-16,20H,2-6,11-13H2,1H3,(H,27,30). The van der Waals surface area contributed by atoms with E-state index in [2.05, 4.69) is 39.6 Å². The van der Waals surface area contributed by atoms with Crippen molar-refractivity contribution >= 4 is 5.91 Å². The van der Waals surface area contributed by atoms with Crippen molar-refractivity contribution in [3.63, 3.8) is 0 Å². The van der Waals surface area contributed by atoms with Crippen molar-refractivity contribution in [2.24, 2.45) is 7.05 Å². The van der Waals surface area contributed by atoms with E-state index in [1.807, 2.05) is 23.9 Å². The molecule has 31 heavy (non-hydrogen) atoms. The summed E-state index contributed by atoms with van der Waals surface area (Å²) in [5, 5.41) is 3.19. The van der Waals surface area contributed by atoms with Crippen LogP contribution < -0.4 is 10.1 Å². The van der Waals surface area contributed by atoms with E-state index in [1.54, 1.807) is 6.33 Å². The van der Waals surface area contributed by atoms with Gasteiger partial charge < -0.3 is 14.6 Å². The summed E-state index contributed by atoms with van der Waals surface area (Å²) in [7, 11) is 1.97. The van der Waals surface area contributed by atoms with Crippen LogP contribution in [0.2, 0.25) is 0 Å². The number of imidazole rings is 1.